The molecule has 1 aromatic carbocycles. The number of hydrogen-bond donors (Lipinski definition) is 1. The maximum Gasteiger partial charge on any atom is 0.354 e. The number of rotatable bonds is 10. The molecule has 0 aliphatic carbocycles. The third-order valence-electron chi connectivity index (χ3n) is 7.92. The van der Waals surface area contributed by atoms with Gasteiger partial charge in [0.05, 0.1) is 25.1 Å². The fraction of sp³-hybridized carbons (Fsp3) is 0.323. The van der Waals surface area contributed by atoms with Gasteiger partial charge >= 0.3 is 5.97 Å². The summed E-state index contributed by atoms with van der Waals surface area (Å²) >= 11 is 5.88. The number of pyridine rings is 2. The van der Waals surface area contributed by atoms with E-state index < -0.39 is 11.8 Å². The first-order valence-corrected chi connectivity index (χ1v) is 14.6. The molecule has 0 atom stereocenters. The molecule has 1 aliphatic heterocycles. The molecule has 1 saturated heterocycles. The van der Waals surface area contributed by atoms with Crippen LogP contribution in [0.5, 0.6) is 5.88 Å². The molecule has 5 heterocycles. The van der Waals surface area contributed by atoms with Gasteiger partial charge in [0.2, 0.25) is 5.88 Å². The molecular formula is C31H31ClFN7O3. The predicted molar refractivity (Wildman–Crippen MR) is 159 cm³/mol. The SMILES string of the molecule is CCn1cncc1Cn1c(CN2CCC(c3cccnc3OCc3ccc(Cl)cc3F)CC2)nc2ccc(C(=O)O)nc21. The van der Waals surface area contributed by atoms with Crippen molar-refractivity contribution in [2.75, 3.05) is 13.1 Å². The second-order valence-electron chi connectivity index (χ2n) is 10.6. The average molecular weight is 604 g/mol. The van der Waals surface area contributed by atoms with Crippen molar-refractivity contribution in [3.05, 3.63) is 100 Å². The van der Waals surface area contributed by atoms with E-state index in [2.05, 4.69) is 31.3 Å². The number of benzene rings is 1. The van der Waals surface area contributed by atoms with E-state index in [-0.39, 0.29) is 18.2 Å². The van der Waals surface area contributed by atoms with E-state index in [1.165, 1.54) is 12.1 Å². The zero-order valence-corrected chi connectivity index (χ0v) is 24.4. The molecule has 5 aromatic rings. The minimum absolute atomic E-state index is 0.0155. The van der Waals surface area contributed by atoms with Gasteiger partial charge in [0.25, 0.3) is 0 Å². The van der Waals surface area contributed by atoms with Crippen LogP contribution in [0.4, 0.5) is 4.39 Å². The lowest BCUT2D eigenvalue weighted by Gasteiger charge is -2.32. The fourth-order valence-corrected chi connectivity index (χ4v) is 5.76. The predicted octanol–water partition coefficient (Wildman–Crippen LogP) is 5.54. The molecule has 0 spiro atoms. The zero-order chi connectivity index (χ0) is 29.9. The lowest BCUT2D eigenvalue weighted by Crippen LogP contribution is -2.33. The fourth-order valence-electron chi connectivity index (χ4n) is 5.60. The number of carboxylic acid groups (broad SMARTS) is 1. The first-order valence-electron chi connectivity index (χ1n) is 14.2. The third-order valence-corrected chi connectivity index (χ3v) is 8.16. The van der Waals surface area contributed by atoms with Gasteiger partial charge in [-0.3, -0.25) is 4.90 Å². The summed E-state index contributed by atoms with van der Waals surface area (Å²) < 4.78 is 24.3. The van der Waals surface area contributed by atoms with Crippen molar-refractivity contribution < 1.29 is 19.0 Å². The largest absolute Gasteiger partial charge is 0.477 e. The van der Waals surface area contributed by atoms with E-state index in [9.17, 15) is 14.3 Å². The molecule has 0 unspecified atom stereocenters. The van der Waals surface area contributed by atoms with Gasteiger partial charge in [-0.05, 0) is 69.1 Å². The lowest BCUT2D eigenvalue weighted by atomic mass is 9.90. The summed E-state index contributed by atoms with van der Waals surface area (Å²) in [5.74, 6) is 0.104. The Morgan fingerprint density at radius 2 is 1.98 bits per heavy atom. The van der Waals surface area contributed by atoms with Crippen LogP contribution in [-0.4, -0.2) is 58.1 Å². The van der Waals surface area contributed by atoms with Gasteiger partial charge < -0.3 is 19.0 Å². The van der Waals surface area contributed by atoms with Crippen LogP contribution >= 0.6 is 11.6 Å². The molecule has 222 valence electrons. The third kappa shape index (κ3) is 6.23. The highest BCUT2D eigenvalue weighted by Crippen LogP contribution is 2.34. The van der Waals surface area contributed by atoms with Crippen LogP contribution < -0.4 is 4.74 Å². The number of fused-ring (bicyclic) bond motifs is 1. The van der Waals surface area contributed by atoms with Gasteiger partial charge in [0, 0.05) is 35.1 Å². The van der Waals surface area contributed by atoms with Gasteiger partial charge in [0.1, 0.15) is 23.8 Å². The smallest absolute Gasteiger partial charge is 0.354 e. The number of likely N-dealkylation sites (tertiary alicyclic amines) is 1. The monoisotopic (exact) mass is 603 g/mol. The van der Waals surface area contributed by atoms with Gasteiger partial charge in [-0.1, -0.05) is 23.7 Å². The first kappa shape index (κ1) is 28.8. The van der Waals surface area contributed by atoms with Crippen LogP contribution in [0, 0.1) is 5.82 Å². The standard InChI is InChI=1S/C31H31ClFN7O3/c1-2-39-19-34-15-23(39)16-40-28(36-26-7-8-27(31(41)42)37-29(26)40)17-38-12-9-20(10-13-38)24-4-3-11-35-30(24)43-18-21-5-6-22(32)14-25(21)33/h3-8,11,14-15,19-20H,2,9-10,12-13,16-18H2,1H3,(H,41,42). The average Bonchev–Trinajstić information content (AvgIpc) is 3.61. The van der Waals surface area contributed by atoms with Gasteiger partial charge in [-0.25, -0.2) is 29.1 Å². The van der Waals surface area contributed by atoms with Crippen molar-refractivity contribution in [1.82, 2.24) is 34.0 Å². The summed E-state index contributed by atoms with van der Waals surface area (Å²) in [6.45, 7) is 5.62. The molecule has 0 saturated carbocycles. The van der Waals surface area contributed by atoms with Crippen LogP contribution in [-0.2, 0) is 26.2 Å². The maximum absolute atomic E-state index is 14.3. The summed E-state index contributed by atoms with van der Waals surface area (Å²) in [6, 6.07) is 11.7. The minimum atomic E-state index is -1.08. The highest BCUT2D eigenvalue weighted by atomic mass is 35.5. The molecule has 1 aliphatic rings. The van der Waals surface area contributed by atoms with Crippen LogP contribution in [0.2, 0.25) is 5.02 Å². The molecule has 1 fully saturated rings. The highest BCUT2D eigenvalue weighted by molar-refractivity contribution is 6.30. The second-order valence-corrected chi connectivity index (χ2v) is 11.0. The zero-order valence-electron chi connectivity index (χ0n) is 23.7. The van der Waals surface area contributed by atoms with Crippen molar-refractivity contribution in [2.45, 2.75) is 51.9 Å². The Hall–Kier alpha value is -4.35. The Morgan fingerprint density at radius 3 is 2.74 bits per heavy atom. The number of aromatic nitrogens is 6. The summed E-state index contributed by atoms with van der Waals surface area (Å²) in [5.41, 5.74) is 3.62. The number of aryl methyl sites for hydroxylation is 1. The number of piperidine rings is 1. The summed E-state index contributed by atoms with van der Waals surface area (Å²) in [6.07, 6.45) is 7.08. The van der Waals surface area contributed by atoms with E-state index in [0.717, 1.165) is 49.6 Å². The summed E-state index contributed by atoms with van der Waals surface area (Å²) in [4.78, 5) is 32.1. The molecule has 4 aromatic heterocycles. The second kappa shape index (κ2) is 12.5. The minimum Gasteiger partial charge on any atom is -0.477 e. The summed E-state index contributed by atoms with van der Waals surface area (Å²) in [5, 5.41) is 9.89. The molecule has 0 amide bonds. The Morgan fingerprint density at radius 1 is 1.14 bits per heavy atom. The normalized spacial score (nSPS) is 14.4. The Labute approximate surface area is 252 Å². The topological polar surface area (TPSA) is 111 Å². The number of ether oxygens (including phenoxy) is 1. The van der Waals surface area contributed by atoms with E-state index >= 15 is 0 Å². The van der Waals surface area contributed by atoms with Crippen molar-refractivity contribution in [2.24, 2.45) is 0 Å². The van der Waals surface area contributed by atoms with Crippen LogP contribution in [0.25, 0.3) is 11.2 Å². The van der Waals surface area contributed by atoms with E-state index in [1.807, 2.05) is 22.9 Å². The number of aromatic carboxylic acids is 1. The number of carbonyl (C=O) groups is 1. The number of carboxylic acids is 1. The number of hydrogen-bond acceptors (Lipinski definition) is 7. The van der Waals surface area contributed by atoms with Gasteiger partial charge in [0.15, 0.2) is 11.3 Å². The van der Waals surface area contributed by atoms with E-state index in [4.69, 9.17) is 21.3 Å². The van der Waals surface area contributed by atoms with Crippen molar-refractivity contribution in [3.8, 4) is 5.88 Å². The lowest BCUT2D eigenvalue weighted by molar-refractivity contribution is 0.0691. The Kier molecular flexibility index (Phi) is 8.35. The van der Waals surface area contributed by atoms with Crippen molar-refractivity contribution in [1.29, 1.82) is 0 Å². The Balaban J connectivity index is 1.18. The van der Waals surface area contributed by atoms with E-state index in [0.29, 0.717) is 40.7 Å². The molecule has 43 heavy (non-hydrogen) atoms. The van der Waals surface area contributed by atoms with E-state index in [1.54, 1.807) is 30.7 Å². The number of imidazole rings is 2. The van der Waals surface area contributed by atoms with Gasteiger partial charge in [-0.2, -0.15) is 0 Å². The van der Waals surface area contributed by atoms with Crippen LogP contribution in [0.1, 0.15) is 58.8 Å². The molecule has 6 rings (SSSR count). The molecule has 12 heteroatoms. The van der Waals surface area contributed by atoms with Gasteiger partial charge in [-0.15, -0.1) is 0 Å². The van der Waals surface area contributed by atoms with Crippen molar-refractivity contribution in [3.63, 3.8) is 0 Å². The quantitative estimate of drug-likeness (QED) is 0.221. The molecule has 1 N–H and O–H groups in total. The first-order chi connectivity index (χ1) is 20.9. The highest BCUT2D eigenvalue weighted by Gasteiger charge is 2.26. The molecular weight excluding hydrogens is 573 g/mol. The van der Waals surface area contributed by atoms with Crippen LogP contribution in [0.3, 0.4) is 0 Å². The van der Waals surface area contributed by atoms with Crippen LogP contribution in [0.15, 0.2) is 61.2 Å². The number of halogens is 2. The molecule has 10 nitrogen and oxygen atoms in total. The van der Waals surface area contributed by atoms with Crippen molar-refractivity contribution >= 4 is 28.7 Å². The molecule has 0 radical (unpaired) electrons. The summed E-state index contributed by atoms with van der Waals surface area (Å²) in [7, 11) is 0. The molecule has 0 bridgehead atoms. The maximum atomic E-state index is 14.3. The number of nitrogens with zero attached hydrogens (tertiary/aromatic N) is 7. The Bertz CT molecular complexity index is 1760.